The smallest absolute Gasteiger partial charge is 0.256 e. The van der Waals surface area contributed by atoms with Crippen molar-refractivity contribution >= 4 is 22.5 Å². The maximum Gasteiger partial charge on any atom is 0.256 e. The van der Waals surface area contributed by atoms with E-state index in [2.05, 4.69) is 17.4 Å². The number of nitrogens with zero attached hydrogens (tertiary/aromatic N) is 1. The van der Waals surface area contributed by atoms with Gasteiger partial charge >= 0.3 is 0 Å². The van der Waals surface area contributed by atoms with Crippen LogP contribution >= 0.6 is 0 Å². The normalized spacial score (nSPS) is 10.9. The largest absolute Gasteiger partial charge is 0.497 e. The maximum atomic E-state index is 13.7. The third-order valence-corrected chi connectivity index (χ3v) is 6.11. The molecule has 4 heteroatoms. The number of benzene rings is 3. The molecular formula is C28H28N2O2. The molecule has 0 spiro atoms. The second-order valence-corrected chi connectivity index (χ2v) is 8.37. The number of ether oxygens (including phenoxy) is 1. The second kappa shape index (κ2) is 8.46. The van der Waals surface area contributed by atoms with E-state index in [0.717, 1.165) is 61.4 Å². The van der Waals surface area contributed by atoms with Crippen molar-refractivity contribution in [1.82, 2.24) is 4.98 Å². The van der Waals surface area contributed by atoms with E-state index < -0.39 is 0 Å². The first-order valence-electron chi connectivity index (χ1n) is 10.7. The number of hydrogen-bond donors (Lipinski definition) is 1. The first-order chi connectivity index (χ1) is 15.3. The molecule has 4 nitrogen and oxygen atoms in total. The van der Waals surface area contributed by atoms with Gasteiger partial charge in [0.15, 0.2) is 0 Å². The summed E-state index contributed by atoms with van der Waals surface area (Å²) >= 11 is 0. The van der Waals surface area contributed by atoms with Gasteiger partial charge in [-0.2, -0.15) is 0 Å². The third-order valence-electron chi connectivity index (χ3n) is 6.11. The molecule has 3 aromatic carbocycles. The Kier molecular flexibility index (Phi) is 5.70. The molecule has 1 aromatic heterocycles. The fourth-order valence-electron chi connectivity index (χ4n) is 4.21. The summed E-state index contributed by atoms with van der Waals surface area (Å²) in [6.07, 6.45) is 0. The van der Waals surface area contributed by atoms with Gasteiger partial charge in [0.2, 0.25) is 0 Å². The Bertz CT molecular complexity index is 1340. The molecule has 0 aliphatic heterocycles. The van der Waals surface area contributed by atoms with E-state index in [0.29, 0.717) is 5.56 Å². The van der Waals surface area contributed by atoms with E-state index in [1.807, 2.05) is 77.1 Å². The number of carbonyl (C=O) groups excluding carboxylic acids is 1. The number of nitrogens with one attached hydrogen (secondary N) is 1. The summed E-state index contributed by atoms with van der Waals surface area (Å²) in [5, 5.41) is 4.02. The molecule has 0 atom stereocenters. The van der Waals surface area contributed by atoms with Gasteiger partial charge in [-0.25, -0.2) is 4.98 Å². The molecule has 1 heterocycles. The zero-order valence-electron chi connectivity index (χ0n) is 19.5. The summed E-state index contributed by atoms with van der Waals surface area (Å²) in [6, 6.07) is 17.9. The number of hydrogen-bond acceptors (Lipinski definition) is 3. The van der Waals surface area contributed by atoms with Gasteiger partial charge in [0.25, 0.3) is 5.91 Å². The van der Waals surface area contributed by atoms with Crippen molar-refractivity contribution in [3.63, 3.8) is 0 Å². The van der Waals surface area contributed by atoms with E-state index in [-0.39, 0.29) is 5.91 Å². The van der Waals surface area contributed by atoms with Crippen LogP contribution in [0.1, 0.15) is 38.2 Å². The monoisotopic (exact) mass is 424 g/mol. The highest BCUT2D eigenvalue weighted by atomic mass is 16.5. The van der Waals surface area contributed by atoms with Gasteiger partial charge in [0.1, 0.15) is 5.75 Å². The molecule has 4 rings (SSSR count). The summed E-state index contributed by atoms with van der Waals surface area (Å²) in [4.78, 5) is 18.7. The van der Waals surface area contributed by atoms with Crippen molar-refractivity contribution in [2.75, 3.05) is 12.4 Å². The summed E-state index contributed by atoms with van der Waals surface area (Å²) < 4.78 is 5.30. The molecule has 4 aromatic rings. The zero-order chi connectivity index (χ0) is 23.0. The Hall–Kier alpha value is -3.66. The molecule has 0 saturated carbocycles. The van der Waals surface area contributed by atoms with E-state index in [1.54, 1.807) is 7.11 Å². The highest BCUT2D eigenvalue weighted by Crippen LogP contribution is 2.33. The average Bonchev–Trinajstić information content (AvgIpc) is 2.76. The number of aromatic nitrogens is 1. The van der Waals surface area contributed by atoms with Crippen molar-refractivity contribution in [2.24, 2.45) is 0 Å². The van der Waals surface area contributed by atoms with Crippen molar-refractivity contribution < 1.29 is 9.53 Å². The molecule has 32 heavy (non-hydrogen) atoms. The van der Waals surface area contributed by atoms with Crippen LogP contribution in [0, 0.1) is 34.6 Å². The first kappa shape index (κ1) is 21.6. The molecule has 0 fully saturated rings. The molecule has 0 aliphatic carbocycles. The predicted molar refractivity (Wildman–Crippen MR) is 132 cm³/mol. The summed E-state index contributed by atoms with van der Waals surface area (Å²) in [5.41, 5.74) is 9.31. The quantitative estimate of drug-likeness (QED) is 0.396. The maximum absolute atomic E-state index is 13.7. The van der Waals surface area contributed by atoms with Gasteiger partial charge < -0.3 is 10.1 Å². The highest BCUT2D eigenvalue weighted by molar-refractivity contribution is 6.15. The van der Waals surface area contributed by atoms with Gasteiger partial charge in [-0.05, 0) is 93.3 Å². The summed E-state index contributed by atoms with van der Waals surface area (Å²) in [5.74, 6) is 0.662. The summed E-state index contributed by atoms with van der Waals surface area (Å²) in [6.45, 7) is 10.1. The third kappa shape index (κ3) is 3.84. The van der Waals surface area contributed by atoms with Crippen LogP contribution in [0.25, 0.3) is 22.2 Å². The zero-order valence-corrected chi connectivity index (χ0v) is 19.5. The first-order valence-corrected chi connectivity index (χ1v) is 10.7. The highest BCUT2D eigenvalue weighted by Gasteiger charge is 2.21. The van der Waals surface area contributed by atoms with Gasteiger partial charge in [0, 0.05) is 16.6 Å². The van der Waals surface area contributed by atoms with Crippen LogP contribution in [-0.4, -0.2) is 18.0 Å². The molecule has 0 radical (unpaired) electrons. The number of pyridine rings is 1. The van der Waals surface area contributed by atoms with Crippen LogP contribution in [0.2, 0.25) is 0 Å². The van der Waals surface area contributed by atoms with Crippen LogP contribution in [0.3, 0.4) is 0 Å². The van der Waals surface area contributed by atoms with Gasteiger partial charge in [-0.3, -0.25) is 4.79 Å². The lowest BCUT2D eigenvalue weighted by atomic mass is 9.94. The number of anilines is 1. The lowest BCUT2D eigenvalue weighted by Gasteiger charge is -2.17. The summed E-state index contributed by atoms with van der Waals surface area (Å²) in [7, 11) is 1.65. The number of fused-ring (bicyclic) bond motifs is 1. The minimum atomic E-state index is -0.122. The minimum Gasteiger partial charge on any atom is -0.497 e. The fraction of sp³-hybridized carbons (Fsp3) is 0.214. The lowest BCUT2D eigenvalue weighted by Crippen LogP contribution is -2.16. The molecule has 0 unspecified atom stereocenters. The molecular weight excluding hydrogens is 396 g/mol. The number of methoxy groups -OCH3 is 1. The van der Waals surface area contributed by atoms with Gasteiger partial charge in [0.05, 0.1) is 23.9 Å². The Morgan fingerprint density at radius 2 is 1.59 bits per heavy atom. The van der Waals surface area contributed by atoms with E-state index in [9.17, 15) is 4.79 Å². The number of aryl methyl sites for hydroxylation is 3. The molecule has 1 amide bonds. The average molecular weight is 425 g/mol. The van der Waals surface area contributed by atoms with Gasteiger partial charge in [-0.1, -0.05) is 23.8 Å². The molecule has 0 bridgehead atoms. The SMILES string of the molecule is COc1ccc(-c2nc3c(C)cc(C)cc3c(C(=O)Nc3cccc(C)c3C)c2C)cc1. The van der Waals surface area contributed by atoms with Crippen molar-refractivity contribution in [1.29, 1.82) is 0 Å². The van der Waals surface area contributed by atoms with Crippen LogP contribution in [0.15, 0.2) is 54.6 Å². The fourth-order valence-corrected chi connectivity index (χ4v) is 4.21. The standard InChI is InChI=1S/C28H28N2O2/c1-16-14-18(3)26-23(15-16)25(28(31)29-24-9-7-8-17(2)19(24)4)20(5)27(30-26)21-10-12-22(32-6)13-11-21/h7-15H,1-6H3,(H,29,31). The Morgan fingerprint density at radius 1 is 0.875 bits per heavy atom. The van der Waals surface area contributed by atoms with Crippen molar-refractivity contribution in [2.45, 2.75) is 34.6 Å². The second-order valence-electron chi connectivity index (χ2n) is 8.37. The molecule has 0 aliphatic rings. The molecule has 0 saturated heterocycles. The van der Waals surface area contributed by atoms with E-state index in [4.69, 9.17) is 9.72 Å². The van der Waals surface area contributed by atoms with Crippen molar-refractivity contribution in [3.05, 3.63) is 88.0 Å². The van der Waals surface area contributed by atoms with Crippen LogP contribution in [-0.2, 0) is 0 Å². The number of rotatable bonds is 4. The van der Waals surface area contributed by atoms with Crippen molar-refractivity contribution in [3.8, 4) is 17.0 Å². The van der Waals surface area contributed by atoms with Crippen LogP contribution in [0.4, 0.5) is 5.69 Å². The number of amides is 1. The molecule has 162 valence electrons. The molecule has 1 N–H and O–H groups in total. The van der Waals surface area contributed by atoms with E-state index in [1.165, 1.54) is 0 Å². The Morgan fingerprint density at radius 3 is 2.28 bits per heavy atom. The van der Waals surface area contributed by atoms with Gasteiger partial charge in [-0.15, -0.1) is 0 Å². The van der Waals surface area contributed by atoms with Crippen LogP contribution in [0.5, 0.6) is 5.75 Å². The Balaban J connectivity index is 1.93. The van der Waals surface area contributed by atoms with E-state index >= 15 is 0 Å². The minimum absolute atomic E-state index is 0.122. The topological polar surface area (TPSA) is 51.2 Å². The number of carbonyl (C=O) groups is 1. The lowest BCUT2D eigenvalue weighted by molar-refractivity contribution is 0.102. The van der Waals surface area contributed by atoms with Crippen LogP contribution < -0.4 is 10.1 Å². The predicted octanol–water partition coefficient (Wildman–Crippen LogP) is 6.70. The Labute approximate surface area is 189 Å².